The molecule has 0 radical (unpaired) electrons. The Morgan fingerprint density at radius 1 is 0.967 bits per heavy atom. The molecular weight excluding hydrogens is 384 g/mol. The highest BCUT2D eigenvalue weighted by molar-refractivity contribution is 6.36. The van der Waals surface area contributed by atoms with E-state index in [1.807, 2.05) is 31.2 Å². The molecule has 0 atom stereocenters. The molecular formula is C23H26N2O5. The van der Waals surface area contributed by atoms with Gasteiger partial charge < -0.3 is 19.5 Å². The minimum atomic E-state index is -0.367. The molecule has 158 valence electrons. The zero-order chi connectivity index (χ0) is 21.5. The number of benzene rings is 2. The molecule has 0 spiro atoms. The van der Waals surface area contributed by atoms with Gasteiger partial charge in [-0.1, -0.05) is 24.3 Å². The van der Waals surface area contributed by atoms with E-state index in [9.17, 15) is 9.59 Å². The average molecular weight is 410 g/mol. The number of hydrogen-bond donors (Lipinski definition) is 1. The maximum atomic E-state index is 13.2. The minimum Gasteiger partial charge on any atom is -0.497 e. The Labute approximate surface area is 176 Å². The third kappa shape index (κ3) is 4.46. The van der Waals surface area contributed by atoms with Crippen molar-refractivity contribution in [2.75, 3.05) is 39.3 Å². The lowest BCUT2D eigenvalue weighted by Gasteiger charge is -2.15. The first-order valence-corrected chi connectivity index (χ1v) is 9.83. The SMILES string of the molecule is CCOc1ccccc1NC1=C(c2ccc(OC)cc2)C(=O)N(CCCOC)C1=O. The number of hydrogen-bond acceptors (Lipinski definition) is 6. The standard InChI is InChI=1S/C23H26N2O5/c1-4-30-19-9-6-5-8-18(19)24-21-20(16-10-12-17(29-3)13-11-16)22(26)25(23(21)27)14-7-15-28-2/h5-6,8-13,24H,4,7,14-15H2,1-3H3. The molecule has 3 rings (SSSR count). The lowest BCUT2D eigenvalue weighted by Crippen LogP contribution is -2.33. The molecule has 1 heterocycles. The maximum absolute atomic E-state index is 13.2. The van der Waals surface area contributed by atoms with Crippen LogP contribution in [0.5, 0.6) is 11.5 Å². The highest BCUT2D eigenvalue weighted by Gasteiger charge is 2.39. The van der Waals surface area contributed by atoms with Gasteiger partial charge in [-0.15, -0.1) is 0 Å². The van der Waals surface area contributed by atoms with Crippen LogP contribution in [0.25, 0.3) is 5.57 Å². The first kappa shape index (κ1) is 21.4. The molecule has 1 aliphatic heterocycles. The molecule has 0 bridgehead atoms. The second-order valence-electron chi connectivity index (χ2n) is 6.64. The van der Waals surface area contributed by atoms with Gasteiger partial charge in [0.05, 0.1) is 25.0 Å². The van der Waals surface area contributed by atoms with Crippen molar-refractivity contribution in [3.8, 4) is 11.5 Å². The van der Waals surface area contributed by atoms with Crippen molar-refractivity contribution in [3.63, 3.8) is 0 Å². The molecule has 2 aromatic carbocycles. The second kappa shape index (κ2) is 9.93. The van der Waals surface area contributed by atoms with Gasteiger partial charge in [0, 0.05) is 20.3 Å². The maximum Gasteiger partial charge on any atom is 0.278 e. The number of carbonyl (C=O) groups is 2. The Morgan fingerprint density at radius 3 is 2.37 bits per heavy atom. The summed E-state index contributed by atoms with van der Waals surface area (Å²) >= 11 is 0. The number of rotatable bonds is 10. The summed E-state index contributed by atoms with van der Waals surface area (Å²) in [5.41, 5.74) is 1.82. The molecule has 2 aromatic rings. The van der Waals surface area contributed by atoms with Crippen LogP contribution in [0.2, 0.25) is 0 Å². The molecule has 7 heteroatoms. The Balaban J connectivity index is 2.01. The quantitative estimate of drug-likeness (QED) is 0.478. The first-order valence-electron chi connectivity index (χ1n) is 9.83. The Bertz CT molecular complexity index is 937. The summed E-state index contributed by atoms with van der Waals surface area (Å²) in [5, 5.41) is 3.15. The van der Waals surface area contributed by atoms with Gasteiger partial charge in [0.15, 0.2) is 0 Å². The van der Waals surface area contributed by atoms with Crippen molar-refractivity contribution in [3.05, 3.63) is 59.8 Å². The fourth-order valence-electron chi connectivity index (χ4n) is 3.27. The number of para-hydroxylation sites is 2. The fourth-order valence-corrected chi connectivity index (χ4v) is 3.27. The number of ether oxygens (including phenoxy) is 3. The Morgan fingerprint density at radius 2 is 1.70 bits per heavy atom. The van der Waals surface area contributed by atoms with Gasteiger partial charge in [-0.3, -0.25) is 14.5 Å². The predicted molar refractivity (Wildman–Crippen MR) is 114 cm³/mol. The van der Waals surface area contributed by atoms with E-state index in [-0.39, 0.29) is 24.1 Å². The van der Waals surface area contributed by atoms with Crippen molar-refractivity contribution in [1.29, 1.82) is 0 Å². The second-order valence-corrected chi connectivity index (χ2v) is 6.64. The highest BCUT2D eigenvalue weighted by atomic mass is 16.5. The van der Waals surface area contributed by atoms with Crippen molar-refractivity contribution in [2.24, 2.45) is 0 Å². The Kier molecular flexibility index (Phi) is 7.08. The molecule has 1 N–H and O–H groups in total. The molecule has 2 amide bonds. The third-order valence-corrected chi connectivity index (χ3v) is 4.72. The van der Waals surface area contributed by atoms with E-state index < -0.39 is 0 Å². The van der Waals surface area contributed by atoms with E-state index in [1.165, 1.54) is 4.90 Å². The summed E-state index contributed by atoms with van der Waals surface area (Å²) in [6, 6.07) is 14.4. The van der Waals surface area contributed by atoms with Gasteiger partial charge in [-0.05, 0) is 43.2 Å². The highest BCUT2D eigenvalue weighted by Crippen LogP contribution is 2.34. The van der Waals surface area contributed by atoms with E-state index in [0.717, 1.165) is 0 Å². The van der Waals surface area contributed by atoms with E-state index >= 15 is 0 Å². The van der Waals surface area contributed by atoms with E-state index in [1.54, 1.807) is 38.5 Å². The van der Waals surface area contributed by atoms with E-state index in [2.05, 4.69) is 5.32 Å². The van der Waals surface area contributed by atoms with Gasteiger partial charge >= 0.3 is 0 Å². The predicted octanol–water partition coefficient (Wildman–Crippen LogP) is 3.32. The van der Waals surface area contributed by atoms with Crippen LogP contribution in [0.1, 0.15) is 18.9 Å². The number of nitrogens with zero attached hydrogens (tertiary/aromatic N) is 1. The van der Waals surface area contributed by atoms with Crippen molar-refractivity contribution in [2.45, 2.75) is 13.3 Å². The molecule has 1 aliphatic rings. The van der Waals surface area contributed by atoms with Gasteiger partial charge in [0.1, 0.15) is 17.2 Å². The summed E-state index contributed by atoms with van der Waals surface area (Å²) in [6.07, 6.45) is 0.562. The topological polar surface area (TPSA) is 77.1 Å². The van der Waals surface area contributed by atoms with Crippen LogP contribution in [-0.2, 0) is 14.3 Å². The summed E-state index contributed by atoms with van der Waals surface area (Å²) in [6.45, 7) is 3.12. The van der Waals surface area contributed by atoms with Crippen LogP contribution < -0.4 is 14.8 Å². The zero-order valence-corrected chi connectivity index (χ0v) is 17.4. The molecule has 0 aromatic heterocycles. The molecule has 0 saturated carbocycles. The normalized spacial score (nSPS) is 13.8. The summed E-state index contributed by atoms with van der Waals surface area (Å²) in [5.74, 6) is 0.579. The van der Waals surface area contributed by atoms with Gasteiger partial charge in [-0.25, -0.2) is 0 Å². The van der Waals surface area contributed by atoms with Gasteiger partial charge in [-0.2, -0.15) is 0 Å². The van der Waals surface area contributed by atoms with Crippen LogP contribution in [0, 0.1) is 0 Å². The fraction of sp³-hybridized carbons (Fsp3) is 0.304. The van der Waals surface area contributed by atoms with Crippen molar-refractivity contribution < 1.29 is 23.8 Å². The summed E-state index contributed by atoms with van der Waals surface area (Å²) < 4.78 is 15.9. The first-order chi connectivity index (χ1) is 14.6. The van der Waals surface area contributed by atoms with E-state index in [4.69, 9.17) is 14.2 Å². The number of amides is 2. The Hall–Kier alpha value is -3.32. The molecule has 0 fully saturated rings. The number of anilines is 1. The molecule has 0 aliphatic carbocycles. The largest absolute Gasteiger partial charge is 0.497 e. The van der Waals surface area contributed by atoms with Crippen LogP contribution >= 0.6 is 0 Å². The number of nitrogens with one attached hydrogen (secondary N) is 1. The molecule has 7 nitrogen and oxygen atoms in total. The van der Waals surface area contributed by atoms with Gasteiger partial charge in [0.25, 0.3) is 11.8 Å². The average Bonchev–Trinajstić information content (AvgIpc) is 2.99. The van der Waals surface area contributed by atoms with Crippen LogP contribution in [-0.4, -0.2) is 50.7 Å². The molecule has 0 unspecified atom stereocenters. The number of carbonyl (C=O) groups excluding carboxylic acids is 2. The summed E-state index contributed by atoms with van der Waals surface area (Å²) in [4.78, 5) is 27.6. The molecule has 30 heavy (non-hydrogen) atoms. The van der Waals surface area contributed by atoms with Crippen molar-refractivity contribution in [1.82, 2.24) is 4.90 Å². The van der Waals surface area contributed by atoms with Crippen molar-refractivity contribution >= 4 is 23.1 Å². The number of imide groups is 1. The smallest absolute Gasteiger partial charge is 0.278 e. The monoisotopic (exact) mass is 410 g/mol. The minimum absolute atomic E-state index is 0.231. The van der Waals surface area contributed by atoms with Crippen LogP contribution in [0.4, 0.5) is 5.69 Å². The lowest BCUT2D eigenvalue weighted by atomic mass is 10.0. The van der Waals surface area contributed by atoms with Crippen LogP contribution in [0.3, 0.4) is 0 Å². The number of methoxy groups -OCH3 is 2. The molecule has 0 saturated heterocycles. The van der Waals surface area contributed by atoms with Crippen LogP contribution in [0.15, 0.2) is 54.2 Å². The summed E-state index contributed by atoms with van der Waals surface area (Å²) in [7, 11) is 3.17. The zero-order valence-electron chi connectivity index (χ0n) is 17.4. The van der Waals surface area contributed by atoms with E-state index in [0.29, 0.717) is 48.0 Å². The van der Waals surface area contributed by atoms with Gasteiger partial charge in [0.2, 0.25) is 0 Å². The lowest BCUT2D eigenvalue weighted by molar-refractivity contribution is -0.136. The third-order valence-electron chi connectivity index (χ3n) is 4.72.